The molecule has 0 aliphatic carbocycles. The van der Waals surface area contributed by atoms with E-state index in [9.17, 15) is 0 Å². The molecule has 1 aromatic rings. The van der Waals surface area contributed by atoms with Gasteiger partial charge in [0.05, 0.1) is 0 Å². The summed E-state index contributed by atoms with van der Waals surface area (Å²) < 4.78 is 0. The highest BCUT2D eigenvalue weighted by molar-refractivity contribution is 7.99. The number of nitrogens with one attached hydrogen (secondary N) is 1. The maximum absolute atomic E-state index is 3.61. The van der Waals surface area contributed by atoms with Crippen LogP contribution >= 0.6 is 11.8 Å². The van der Waals surface area contributed by atoms with E-state index in [0.29, 0.717) is 6.04 Å². The summed E-state index contributed by atoms with van der Waals surface area (Å²) in [6.07, 6.45) is 1.32. The van der Waals surface area contributed by atoms with Gasteiger partial charge < -0.3 is 5.32 Å². The Morgan fingerprint density at radius 2 is 1.94 bits per heavy atom. The Bertz CT molecular complexity index is 336. The molecule has 1 rings (SSSR count). The summed E-state index contributed by atoms with van der Waals surface area (Å²) >= 11 is 2.07. The molecule has 1 aromatic carbocycles. The van der Waals surface area contributed by atoms with E-state index in [1.807, 2.05) is 0 Å². The molecule has 1 unspecified atom stereocenters. The van der Waals surface area contributed by atoms with E-state index in [-0.39, 0.29) is 0 Å². The third-order valence-electron chi connectivity index (χ3n) is 3.14. The molecule has 0 amide bonds. The quantitative estimate of drug-likeness (QED) is 0.698. The SMILES string of the molecule is CCNC(CSCCC(C)C)c1ccccc1C. The highest BCUT2D eigenvalue weighted by atomic mass is 32.2. The molecule has 0 spiro atoms. The molecule has 102 valence electrons. The van der Waals surface area contributed by atoms with Crippen LogP contribution in [-0.2, 0) is 0 Å². The van der Waals surface area contributed by atoms with Crippen LogP contribution < -0.4 is 5.32 Å². The Hall–Kier alpha value is -0.470. The van der Waals surface area contributed by atoms with Gasteiger partial charge in [-0.15, -0.1) is 0 Å². The van der Waals surface area contributed by atoms with E-state index in [2.05, 4.69) is 69.0 Å². The van der Waals surface area contributed by atoms with Crippen molar-refractivity contribution < 1.29 is 0 Å². The highest BCUT2D eigenvalue weighted by Gasteiger charge is 2.12. The van der Waals surface area contributed by atoms with Gasteiger partial charge in [0.15, 0.2) is 0 Å². The average molecular weight is 265 g/mol. The molecule has 2 heteroatoms. The maximum atomic E-state index is 3.61. The lowest BCUT2D eigenvalue weighted by Gasteiger charge is -2.20. The average Bonchev–Trinajstić information content (AvgIpc) is 2.34. The van der Waals surface area contributed by atoms with Crippen molar-refractivity contribution in [3.63, 3.8) is 0 Å². The first-order valence-corrected chi connectivity index (χ1v) is 8.17. The minimum Gasteiger partial charge on any atom is -0.310 e. The second-order valence-electron chi connectivity index (χ2n) is 5.22. The van der Waals surface area contributed by atoms with E-state index in [0.717, 1.165) is 12.5 Å². The van der Waals surface area contributed by atoms with E-state index in [1.165, 1.54) is 29.1 Å². The molecule has 0 aliphatic heterocycles. The summed E-state index contributed by atoms with van der Waals surface area (Å²) in [4.78, 5) is 0. The van der Waals surface area contributed by atoms with Crippen LogP contribution in [0.4, 0.5) is 0 Å². The van der Waals surface area contributed by atoms with Crippen LogP contribution in [0.15, 0.2) is 24.3 Å². The van der Waals surface area contributed by atoms with Crippen molar-refractivity contribution >= 4 is 11.8 Å². The van der Waals surface area contributed by atoms with Crippen LogP contribution in [-0.4, -0.2) is 18.1 Å². The fraction of sp³-hybridized carbons (Fsp3) is 0.625. The molecule has 0 heterocycles. The summed E-state index contributed by atoms with van der Waals surface area (Å²) in [6, 6.07) is 9.22. The topological polar surface area (TPSA) is 12.0 Å². The summed E-state index contributed by atoms with van der Waals surface area (Å²) in [5.74, 6) is 3.25. The van der Waals surface area contributed by atoms with Gasteiger partial charge in [-0.05, 0) is 42.7 Å². The summed E-state index contributed by atoms with van der Waals surface area (Å²) in [6.45, 7) is 10.0. The fourth-order valence-electron chi connectivity index (χ4n) is 2.00. The van der Waals surface area contributed by atoms with Gasteiger partial charge in [-0.25, -0.2) is 0 Å². The van der Waals surface area contributed by atoms with Gasteiger partial charge in [0.25, 0.3) is 0 Å². The number of thioether (sulfide) groups is 1. The van der Waals surface area contributed by atoms with Gasteiger partial charge in [-0.3, -0.25) is 0 Å². The van der Waals surface area contributed by atoms with Crippen LogP contribution in [0.5, 0.6) is 0 Å². The van der Waals surface area contributed by atoms with Gasteiger partial charge in [-0.1, -0.05) is 45.0 Å². The van der Waals surface area contributed by atoms with Crippen LogP contribution in [0, 0.1) is 12.8 Å². The Kier molecular flexibility index (Phi) is 7.45. The molecular weight excluding hydrogens is 238 g/mol. The molecule has 0 bridgehead atoms. The Labute approximate surface area is 117 Å². The second kappa shape index (κ2) is 8.60. The Morgan fingerprint density at radius 3 is 2.56 bits per heavy atom. The lowest BCUT2D eigenvalue weighted by atomic mass is 10.0. The molecule has 0 saturated carbocycles. The predicted octanol–water partition coefficient (Wildman–Crippen LogP) is 4.42. The van der Waals surface area contributed by atoms with Crippen LogP contribution in [0.2, 0.25) is 0 Å². The Morgan fingerprint density at radius 1 is 1.22 bits per heavy atom. The molecule has 1 N–H and O–H groups in total. The standard InChI is InChI=1S/C16H27NS/c1-5-17-16(12-18-11-10-13(2)3)15-9-7-6-8-14(15)4/h6-9,13,16-17H,5,10-12H2,1-4H3. The van der Waals surface area contributed by atoms with Gasteiger partial charge in [0.1, 0.15) is 0 Å². The van der Waals surface area contributed by atoms with Crippen LogP contribution in [0.1, 0.15) is 44.4 Å². The number of rotatable bonds is 8. The minimum absolute atomic E-state index is 0.494. The maximum Gasteiger partial charge on any atom is 0.0414 e. The third-order valence-corrected chi connectivity index (χ3v) is 4.23. The summed E-state index contributed by atoms with van der Waals surface area (Å²) in [5.41, 5.74) is 2.85. The molecule has 0 aromatic heterocycles. The number of aryl methyl sites for hydroxylation is 1. The van der Waals surface area contributed by atoms with Gasteiger partial charge >= 0.3 is 0 Å². The van der Waals surface area contributed by atoms with E-state index < -0.39 is 0 Å². The molecule has 0 aliphatic rings. The first kappa shape index (κ1) is 15.6. The molecule has 0 saturated heterocycles. The number of hydrogen-bond donors (Lipinski definition) is 1. The zero-order chi connectivity index (χ0) is 13.4. The Balaban J connectivity index is 2.52. The molecule has 1 nitrogen and oxygen atoms in total. The van der Waals surface area contributed by atoms with Crippen molar-refractivity contribution in [3.05, 3.63) is 35.4 Å². The first-order valence-electron chi connectivity index (χ1n) is 7.01. The monoisotopic (exact) mass is 265 g/mol. The molecule has 18 heavy (non-hydrogen) atoms. The van der Waals surface area contributed by atoms with Crippen molar-refractivity contribution in [3.8, 4) is 0 Å². The van der Waals surface area contributed by atoms with Gasteiger partial charge in [0, 0.05) is 11.8 Å². The van der Waals surface area contributed by atoms with Crippen molar-refractivity contribution in [2.24, 2.45) is 5.92 Å². The van der Waals surface area contributed by atoms with Gasteiger partial charge in [0.2, 0.25) is 0 Å². The van der Waals surface area contributed by atoms with Crippen molar-refractivity contribution in [2.45, 2.75) is 40.2 Å². The number of benzene rings is 1. The van der Waals surface area contributed by atoms with Crippen LogP contribution in [0.25, 0.3) is 0 Å². The molecular formula is C16H27NS. The predicted molar refractivity (Wildman–Crippen MR) is 84.4 cm³/mol. The van der Waals surface area contributed by atoms with Crippen LogP contribution in [0.3, 0.4) is 0 Å². The molecule has 1 atom stereocenters. The van der Waals surface area contributed by atoms with Crippen molar-refractivity contribution in [1.82, 2.24) is 5.32 Å². The molecule has 0 fully saturated rings. The first-order chi connectivity index (χ1) is 8.65. The summed E-state index contributed by atoms with van der Waals surface area (Å²) in [5, 5.41) is 3.61. The number of hydrogen-bond acceptors (Lipinski definition) is 2. The van der Waals surface area contributed by atoms with Crippen molar-refractivity contribution in [2.75, 3.05) is 18.1 Å². The van der Waals surface area contributed by atoms with Crippen molar-refractivity contribution in [1.29, 1.82) is 0 Å². The highest BCUT2D eigenvalue weighted by Crippen LogP contribution is 2.22. The zero-order valence-corrected chi connectivity index (χ0v) is 13.0. The normalized spacial score (nSPS) is 12.9. The fourth-order valence-corrected chi connectivity index (χ4v) is 3.34. The smallest absolute Gasteiger partial charge is 0.0414 e. The second-order valence-corrected chi connectivity index (χ2v) is 6.37. The minimum atomic E-state index is 0.494. The van der Waals surface area contributed by atoms with E-state index in [1.54, 1.807) is 0 Å². The van der Waals surface area contributed by atoms with E-state index in [4.69, 9.17) is 0 Å². The summed E-state index contributed by atoms with van der Waals surface area (Å²) in [7, 11) is 0. The third kappa shape index (κ3) is 5.45. The zero-order valence-electron chi connectivity index (χ0n) is 12.2. The van der Waals surface area contributed by atoms with E-state index >= 15 is 0 Å². The molecule has 0 radical (unpaired) electrons. The largest absolute Gasteiger partial charge is 0.310 e. The lowest BCUT2D eigenvalue weighted by molar-refractivity contribution is 0.600. The lowest BCUT2D eigenvalue weighted by Crippen LogP contribution is -2.23. The van der Waals surface area contributed by atoms with Gasteiger partial charge in [-0.2, -0.15) is 11.8 Å².